The van der Waals surface area contributed by atoms with Crippen LogP contribution in [0.5, 0.6) is 0 Å². The summed E-state index contributed by atoms with van der Waals surface area (Å²) >= 11 is 1.18. The van der Waals surface area contributed by atoms with Crippen molar-refractivity contribution in [3.8, 4) is 0 Å². The van der Waals surface area contributed by atoms with Crippen molar-refractivity contribution in [2.45, 2.75) is 30.7 Å². The van der Waals surface area contributed by atoms with Crippen molar-refractivity contribution in [3.05, 3.63) is 53.8 Å². The first kappa shape index (κ1) is 22.3. The fraction of sp³-hybridized carbons (Fsp3) is 0.286. The van der Waals surface area contributed by atoms with Crippen LogP contribution in [0, 0.1) is 5.82 Å². The van der Waals surface area contributed by atoms with Crippen molar-refractivity contribution in [2.24, 2.45) is 0 Å². The van der Waals surface area contributed by atoms with Crippen molar-refractivity contribution in [3.63, 3.8) is 0 Å². The molecule has 0 aliphatic carbocycles. The Morgan fingerprint density at radius 2 is 2.00 bits per heavy atom. The van der Waals surface area contributed by atoms with Crippen molar-refractivity contribution >= 4 is 48.6 Å². The molecule has 1 atom stereocenters. The Hall–Kier alpha value is -2.89. The molecule has 0 saturated carbocycles. The van der Waals surface area contributed by atoms with E-state index in [4.69, 9.17) is 4.74 Å². The molecule has 1 amide bonds. The number of esters is 1. The van der Waals surface area contributed by atoms with E-state index in [0.717, 1.165) is 16.4 Å². The summed E-state index contributed by atoms with van der Waals surface area (Å²) in [6.45, 7) is 2.18. The number of nitrogens with zero attached hydrogens (tertiary/aromatic N) is 2. The second kappa shape index (κ2) is 8.93. The lowest BCUT2D eigenvalue weighted by Crippen LogP contribution is -2.43. The zero-order valence-electron chi connectivity index (χ0n) is 17.1. The number of fused-ring (bicyclic) bond motifs is 1. The molecule has 168 valence electrons. The highest BCUT2D eigenvalue weighted by molar-refractivity contribution is 7.89. The summed E-state index contributed by atoms with van der Waals surface area (Å²) in [4.78, 5) is 29.1. The predicted molar refractivity (Wildman–Crippen MR) is 118 cm³/mol. The van der Waals surface area contributed by atoms with Gasteiger partial charge in [-0.15, -0.1) is 0 Å². The third-order valence-electron chi connectivity index (χ3n) is 5.06. The average Bonchev–Trinajstić information content (AvgIpc) is 3.41. The van der Waals surface area contributed by atoms with Gasteiger partial charge in [-0.1, -0.05) is 11.3 Å². The molecule has 0 bridgehead atoms. The van der Waals surface area contributed by atoms with Gasteiger partial charge in [0.2, 0.25) is 15.9 Å². The minimum absolute atomic E-state index is 0.0647. The number of sulfonamides is 1. The number of ether oxygens (including phenoxy) is 1. The van der Waals surface area contributed by atoms with Crippen LogP contribution in [0.3, 0.4) is 0 Å². The molecule has 1 unspecified atom stereocenters. The molecule has 1 aliphatic heterocycles. The first-order chi connectivity index (χ1) is 15.3. The molecule has 1 aromatic heterocycles. The molecular weight excluding hydrogens is 457 g/mol. The van der Waals surface area contributed by atoms with Crippen molar-refractivity contribution < 1.29 is 27.1 Å². The molecule has 8 nitrogen and oxygen atoms in total. The Labute approximate surface area is 188 Å². The van der Waals surface area contributed by atoms with Crippen LogP contribution in [0.15, 0.2) is 47.4 Å². The molecule has 1 aliphatic rings. The Balaban J connectivity index is 1.53. The lowest BCUT2D eigenvalue weighted by molar-refractivity contribution is -0.119. The maximum Gasteiger partial charge on any atom is 0.338 e. The number of hydrogen-bond acceptors (Lipinski definition) is 7. The van der Waals surface area contributed by atoms with Gasteiger partial charge in [0.25, 0.3) is 0 Å². The Morgan fingerprint density at radius 3 is 2.72 bits per heavy atom. The van der Waals surface area contributed by atoms with Gasteiger partial charge in [-0.25, -0.2) is 22.6 Å². The number of anilines is 1. The average molecular weight is 478 g/mol. The number of rotatable bonds is 6. The first-order valence-electron chi connectivity index (χ1n) is 9.95. The smallest absolute Gasteiger partial charge is 0.338 e. The fourth-order valence-electron chi connectivity index (χ4n) is 3.54. The number of hydrogen-bond donors (Lipinski definition) is 1. The van der Waals surface area contributed by atoms with E-state index in [1.165, 1.54) is 23.5 Å². The maximum absolute atomic E-state index is 13.2. The van der Waals surface area contributed by atoms with Crippen LogP contribution in [0.2, 0.25) is 0 Å². The molecule has 32 heavy (non-hydrogen) atoms. The number of benzene rings is 2. The third kappa shape index (κ3) is 4.36. The Bertz CT molecular complexity index is 1270. The Morgan fingerprint density at radius 1 is 1.25 bits per heavy atom. The van der Waals surface area contributed by atoms with E-state index < -0.39 is 33.8 Å². The van der Waals surface area contributed by atoms with Crippen LogP contribution in [0.25, 0.3) is 10.2 Å². The Kier molecular flexibility index (Phi) is 6.22. The van der Waals surface area contributed by atoms with Crippen LogP contribution < -0.4 is 5.32 Å². The summed E-state index contributed by atoms with van der Waals surface area (Å²) in [6, 6.07) is 8.52. The maximum atomic E-state index is 13.2. The van der Waals surface area contributed by atoms with E-state index in [-0.39, 0.29) is 18.0 Å². The molecule has 1 saturated heterocycles. The van der Waals surface area contributed by atoms with Crippen LogP contribution in [0.4, 0.5) is 9.52 Å². The minimum atomic E-state index is -3.95. The molecule has 2 aromatic carbocycles. The van der Waals surface area contributed by atoms with E-state index >= 15 is 0 Å². The SMILES string of the molecule is CCOC(=O)c1ccc2nc(NC(=O)C3CCCN3S(=O)(=O)c3ccc(F)cc3)sc2c1. The third-order valence-corrected chi connectivity index (χ3v) is 7.91. The normalized spacial score (nSPS) is 16.9. The second-order valence-corrected chi connectivity index (χ2v) is 10.1. The van der Waals surface area contributed by atoms with Gasteiger partial charge in [0, 0.05) is 6.54 Å². The van der Waals surface area contributed by atoms with Crippen LogP contribution >= 0.6 is 11.3 Å². The van der Waals surface area contributed by atoms with Crippen molar-refractivity contribution in [1.29, 1.82) is 0 Å². The number of halogens is 1. The number of aromatic nitrogens is 1. The predicted octanol–water partition coefficient (Wildman–Crippen LogP) is 3.40. The summed E-state index contributed by atoms with van der Waals surface area (Å²) in [7, 11) is -3.95. The highest BCUT2D eigenvalue weighted by atomic mass is 32.2. The summed E-state index contributed by atoms with van der Waals surface area (Å²) in [5.41, 5.74) is 0.980. The highest BCUT2D eigenvalue weighted by Gasteiger charge is 2.39. The van der Waals surface area contributed by atoms with Gasteiger partial charge in [-0.3, -0.25) is 4.79 Å². The van der Waals surface area contributed by atoms with Gasteiger partial charge >= 0.3 is 5.97 Å². The molecule has 1 fully saturated rings. The van der Waals surface area contributed by atoms with Gasteiger partial charge in [0.05, 0.1) is 27.3 Å². The summed E-state index contributed by atoms with van der Waals surface area (Å²) in [6.07, 6.45) is 0.894. The number of thiazole rings is 1. The van der Waals surface area contributed by atoms with Gasteiger partial charge in [-0.05, 0) is 62.2 Å². The standard InChI is InChI=1S/C21H20FN3O5S2/c1-2-30-20(27)13-5-10-16-18(12-13)31-21(23-16)24-19(26)17-4-3-11-25(17)32(28,29)15-8-6-14(22)7-9-15/h5-10,12,17H,2-4,11H2,1H3,(H,23,24,26). The van der Waals surface area contributed by atoms with Gasteiger partial charge < -0.3 is 10.1 Å². The first-order valence-corrected chi connectivity index (χ1v) is 12.2. The van der Waals surface area contributed by atoms with Crippen LogP contribution in [-0.4, -0.2) is 48.8 Å². The number of nitrogens with one attached hydrogen (secondary N) is 1. The van der Waals surface area contributed by atoms with Gasteiger partial charge in [0.1, 0.15) is 11.9 Å². The lowest BCUT2D eigenvalue weighted by Gasteiger charge is -2.23. The van der Waals surface area contributed by atoms with E-state index in [1.807, 2.05) is 0 Å². The van der Waals surface area contributed by atoms with Crippen molar-refractivity contribution in [1.82, 2.24) is 9.29 Å². The minimum Gasteiger partial charge on any atom is -0.462 e. The summed E-state index contributed by atoms with van der Waals surface area (Å²) in [5, 5.41) is 3.00. The molecule has 4 rings (SSSR count). The highest BCUT2D eigenvalue weighted by Crippen LogP contribution is 2.30. The zero-order valence-corrected chi connectivity index (χ0v) is 18.7. The van der Waals surface area contributed by atoms with E-state index in [1.54, 1.807) is 25.1 Å². The molecule has 11 heteroatoms. The monoisotopic (exact) mass is 477 g/mol. The molecule has 1 N–H and O–H groups in total. The van der Waals surface area contributed by atoms with Crippen LogP contribution in [-0.2, 0) is 19.6 Å². The van der Waals surface area contributed by atoms with E-state index in [9.17, 15) is 22.4 Å². The quantitative estimate of drug-likeness (QED) is 0.546. The summed E-state index contributed by atoms with van der Waals surface area (Å²) < 4.78 is 46.0. The molecule has 0 spiro atoms. The topological polar surface area (TPSA) is 106 Å². The number of amides is 1. The van der Waals surface area contributed by atoms with Crippen molar-refractivity contribution in [2.75, 3.05) is 18.5 Å². The number of carbonyl (C=O) groups is 2. The molecular formula is C21H20FN3O5S2. The molecule has 2 heterocycles. The summed E-state index contributed by atoms with van der Waals surface area (Å²) in [5.74, 6) is -1.47. The fourth-order valence-corrected chi connectivity index (χ4v) is 6.10. The van der Waals surface area contributed by atoms with E-state index in [0.29, 0.717) is 33.8 Å². The molecule has 0 radical (unpaired) electrons. The largest absolute Gasteiger partial charge is 0.462 e. The van der Waals surface area contributed by atoms with Gasteiger partial charge in [-0.2, -0.15) is 4.31 Å². The lowest BCUT2D eigenvalue weighted by atomic mass is 10.2. The van der Waals surface area contributed by atoms with Gasteiger partial charge in [0.15, 0.2) is 5.13 Å². The second-order valence-electron chi connectivity index (χ2n) is 7.14. The van der Waals surface area contributed by atoms with Crippen LogP contribution in [0.1, 0.15) is 30.1 Å². The van der Waals surface area contributed by atoms with E-state index in [2.05, 4.69) is 10.3 Å². The molecule has 3 aromatic rings. The zero-order chi connectivity index (χ0) is 22.9. The number of carbonyl (C=O) groups excluding carboxylic acids is 2.